The van der Waals surface area contributed by atoms with Crippen molar-refractivity contribution in [3.8, 4) is 6.07 Å². The summed E-state index contributed by atoms with van der Waals surface area (Å²) in [6, 6.07) is 16.1. The Morgan fingerprint density at radius 2 is 1.76 bits per heavy atom. The number of benzene rings is 2. The van der Waals surface area contributed by atoms with E-state index in [1.165, 1.54) is 6.07 Å². The summed E-state index contributed by atoms with van der Waals surface area (Å²) in [5, 5.41) is 11.4. The zero-order valence-corrected chi connectivity index (χ0v) is 16.6. The van der Waals surface area contributed by atoms with Crippen molar-refractivity contribution < 1.29 is 13.6 Å². The predicted molar refractivity (Wildman–Crippen MR) is 108 cm³/mol. The number of thioether (sulfide) groups is 1. The van der Waals surface area contributed by atoms with Crippen LogP contribution in [0.25, 0.3) is 0 Å². The Kier molecular flexibility index (Phi) is 6.25. The number of para-hydroxylation sites is 1. The van der Waals surface area contributed by atoms with Crippen LogP contribution in [0, 0.1) is 36.8 Å². The first-order valence-corrected chi connectivity index (χ1v) is 9.63. The number of nitrogens with zero attached hydrogens (tertiary/aromatic N) is 2. The molecule has 0 fully saturated rings. The number of nitrogens with one attached hydrogen (secondary N) is 1. The van der Waals surface area contributed by atoms with E-state index in [4.69, 9.17) is 0 Å². The second-order valence-corrected chi connectivity index (χ2v) is 7.46. The van der Waals surface area contributed by atoms with Gasteiger partial charge in [-0.3, -0.25) is 4.79 Å². The fourth-order valence-corrected chi connectivity index (χ4v) is 4.05. The number of carbonyl (C=O) groups excluding carboxylic acids is 1. The van der Waals surface area contributed by atoms with Crippen LogP contribution >= 0.6 is 11.8 Å². The number of aryl methyl sites for hydroxylation is 2. The van der Waals surface area contributed by atoms with Crippen molar-refractivity contribution in [1.29, 1.82) is 5.26 Å². The van der Waals surface area contributed by atoms with Crippen LogP contribution in [0.3, 0.4) is 0 Å². The van der Waals surface area contributed by atoms with E-state index in [0.29, 0.717) is 21.8 Å². The number of aromatic nitrogens is 1. The molecule has 0 bridgehead atoms. The smallest absolute Gasteiger partial charge is 0.242 e. The molecule has 1 heterocycles. The maximum Gasteiger partial charge on any atom is 0.242 e. The summed E-state index contributed by atoms with van der Waals surface area (Å²) in [7, 11) is 0. The highest BCUT2D eigenvalue weighted by molar-refractivity contribution is 8.00. The van der Waals surface area contributed by atoms with Gasteiger partial charge in [-0.1, -0.05) is 48.2 Å². The van der Waals surface area contributed by atoms with Crippen molar-refractivity contribution in [2.24, 2.45) is 0 Å². The summed E-state index contributed by atoms with van der Waals surface area (Å²) in [6.45, 7) is 3.59. The van der Waals surface area contributed by atoms with Gasteiger partial charge in [-0.05, 0) is 43.2 Å². The minimum atomic E-state index is -0.865. The number of hydrogen-bond donors (Lipinski definition) is 1. The van der Waals surface area contributed by atoms with E-state index in [0.717, 1.165) is 29.5 Å². The Labute approximate surface area is 171 Å². The highest BCUT2D eigenvalue weighted by Crippen LogP contribution is 2.38. The van der Waals surface area contributed by atoms with Crippen LogP contribution in [0.5, 0.6) is 0 Å². The Morgan fingerprint density at radius 3 is 2.38 bits per heavy atom. The van der Waals surface area contributed by atoms with Gasteiger partial charge in [0.25, 0.3) is 0 Å². The third-order valence-corrected chi connectivity index (χ3v) is 5.44. The molecule has 7 heteroatoms. The molecule has 1 aromatic heterocycles. The molecule has 3 rings (SSSR count). The van der Waals surface area contributed by atoms with Crippen LogP contribution in [-0.4, -0.2) is 10.9 Å². The molecule has 0 saturated carbocycles. The lowest BCUT2D eigenvalue weighted by Gasteiger charge is -2.18. The summed E-state index contributed by atoms with van der Waals surface area (Å²) in [6.07, 6.45) is 0. The second-order valence-electron chi connectivity index (χ2n) is 6.37. The molecule has 0 spiro atoms. The predicted octanol–water partition coefficient (Wildman–Crippen LogP) is 5.32. The molecule has 3 aromatic rings. The Balaban J connectivity index is 2.01. The molecule has 146 valence electrons. The topological polar surface area (TPSA) is 65.8 Å². The molecule has 29 heavy (non-hydrogen) atoms. The van der Waals surface area contributed by atoms with Crippen molar-refractivity contribution in [2.75, 3.05) is 5.32 Å². The SMILES string of the molecule is Cc1cc(C)c(C#N)c(S[C@H](C(=O)Nc2c(F)cccc2F)c2ccccc2)n1. The number of pyridine rings is 1. The van der Waals surface area contributed by atoms with Gasteiger partial charge >= 0.3 is 0 Å². The zero-order chi connectivity index (χ0) is 21.0. The lowest BCUT2D eigenvalue weighted by Crippen LogP contribution is -2.21. The first-order valence-electron chi connectivity index (χ1n) is 8.75. The number of amides is 1. The average Bonchev–Trinajstić information content (AvgIpc) is 2.69. The number of halogens is 2. The second kappa shape index (κ2) is 8.84. The maximum absolute atomic E-state index is 14.0. The number of rotatable bonds is 5. The van der Waals surface area contributed by atoms with E-state index in [1.54, 1.807) is 50.2 Å². The highest BCUT2D eigenvalue weighted by Gasteiger charge is 2.26. The molecular formula is C22H17F2N3OS. The molecule has 1 atom stereocenters. The number of anilines is 1. The van der Waals surface area contributed by atoms with Crippen LogP contribution < -0.4 is 5.32 Å². The van der Waals surface area contributed by atoms with Crippen LogP contribution in [0.2, 0.25) is 0 Å². The van der Waals surface area contributed by atoms with Gasteiger partial charge in [-0.25, -0.2) is 13.8 Å². The van der Waals surface area contributed by atoms with Gasteiger partial charge in [0.05, 0.1) is 5.56 Å². The lowest BCUT2D eigenvalue weighted by molar-refractivity contribution is -0.115. The summed E-state index contributed by atoms with van der Waals surface area (Å²) in [5.74, 6) is -2.34. The number of carbonyl (C=O) groups is 1. The summed E-state index contributed by atoms with van der Waals surface area (Å²) in [4.78, 5) is 17.4. The Hall–Kier alpha value is -3.24. The van der Waals surface area contributed by atoms with E-state index in [-0.39, 0.29) is 0 Å². The van der Waals surface area contributed by atoms with E-state index in [1.807, 2.05) is 0 Å². The van der Waals surface area contributed by atoms with Crippen molar-refractivity contribution >= 4 is 23.4 Å². The van der Waals surface area contributed by atoms with Crippen molar-refractivity contribution in [1.82, 2.24) is 4.98 Å². The normalized spacial score (nSPS) is 11.6. The molecule has 4 nitrogen and oxygen atoms in total. The summed E-state index contributed by atoms with van der Waals surface area (Å²) < 4.78 is 28.0. The van der Waals surface area contributed by atoms with Crippen LogP contribution in [0.1, 0.15) is 27.6 Å². The van der Waals surface area contributed by atoms with Gasteiger partial charge in [0.1, 0.15) is 33.7 Å². The number of nitriles is 1. The monoisotopic (exact) mass is 409 g/mol. The molecule has 1 amide bonds. The Bertz CT molecular complexity index is 1080. The largest absolute Gasteiger partial charge is 0.320 e. The fraction of sp³-hybridized carbons (Fsp3) is 0.136. The van der Waals surface area contributed by atoms with Crippen molar-refractivity contribution in [2.45, 2.75) is 24.1 Å². The molecule has 0 aliphatic carbocycles. The van der Waals surface area contributed by atoms with Crippen LogP contribution in [-0.2, 0) is 4.79 Å². The zero-order valence-electron chi connectivity index (χ0n) is 15.7. The van der Waals surface area contributed by atoms with E-state index < -0.39 is 28.5 Å². The quantitative estimate of drug-likeness (QED) is 0.579. The molecule has 1 N–H and O–H groups in total. The minimum Gasteiger partial charge on any atom is -0.320 e. The highest BCUT2D eigenvalue weighted by atomic mass is 32.2. The Morgan fingerprint density at radius 1 is 1.10 bits per heavy atom. The molecule has 0 aliphatic rings. The standard InChI is InChI=1S/C22H17F2N3OS/c1-13-11-14(2)26-22(16(13)12-25)29-20(15-7-4-3-5-8-15)21(28)27-19-17(23)9-6-10-18(19)24/h3-11,20H,1-2H3,(H,27,28)/t20-/m0/s1. The fourth-order valence-electron chi connectivity index (χ4n) is 2.84. The van der Waals surface area contributed by atoms with Crippen LogP contribution in [0.15, 0.2) is 59.6 Å². The van der Waals surface area contributed by atoms with Gasteiger partial charge in [-0.2, -0.15) is 5.26 Å². The molecule has 2 aromatic carbocycles. The summed E-state index contributed by atoms with van der Waals surface area (Å²) in [5.41, 5.74) is 1.93. The van der Waals surface area contributed by atoms with Crippen molar-refractivity contribution in [3.05, 3.63) is 88.6 Å². The van der Waals surface area contributed by atoms with Gasteiger partial charge in [0.2, 0.25) is 5.91 Å². The molecule has 0 saturated heterocycles. The van der Waals surface area contributed by atoms with Gasteiger partial charge in [0.15, 0.2) is 0 Å². The summed E-state index contributed by atoms with van der Waals surface area (Å²) >= 11 is 1.07. The van der Waals surface area contributed by atoms with E-state index in [2.05, 4.69) is 16.4 Å². The van der Waals surface area contributed by atoms with Gasteiger partial charge in [-0.15, -0.1) is 0 Å². The van der Waals surface area contributed by atoms with Gasteiger partial charge < -0.3 is 5.32 Å². The lowest BCUT2D eigenvalue weighted by atomic mass is 10.1. The third-order valence-electron chi connectivity index (χ3n) is 4.20. The average molecular weight is 409 g/mol. The van der Waals surface area contributed by atoms with Gasteiger partial charge in [0, 0.05) is 5.69 Å². The molecule has 0 radical (unpaired) electrons. The number of hydrogen-bond acceptors (Lipinski definition) is 4. The first kappa shape index (κ1) is 20.5. The van der Waals surface area contributed by atoms with Crippen molar-refractivity contribution in [3.63, 3.8) is 0 Å². The van der Waals surface area contributed by atoms with E-state index in [9.17, 15) is 18.8 Å². The van der Waals surface area contributed by atoms with E-state index >= 15 is 0 Å². The van der Waals surface area contributed by atoms with Crippen LogP contribution in [0.4, 0.5) is 14.5 Å². The maximum atomic E-state index is 14.0. The third kappa shape index (κ3) is 4.61. The molecule has 0 aliphatic heterocycles. The molecule has 0 unspecified atom stereocenters. The minimum absolute atomic E-state index is 0.367. The first-order chi connectivity index (χ1) is 13.9. The molecular weight excluding hydrogens is 392 g/mol.